The van der Waals surface area contributed by atoms with Crippen molar-refractivity contribution in [2.45, 2.75) is 0 Å². The number of benzene rings is 2. The third kappa shape index (κ3) is 3.33. The van der Waals surface area contributed by atoms with Crippen molar-refractivity contribution in [2.75, 3.05) is 21.3 Å². The van der Waals surface area contributed by atoms with E-state index < -0.39 is 5.43 Å². The third-order valence-electron chi connectivity index (χ3n) is 3.79. The van der Waals surface area contributed by atoms with Gasteiger partial charge in [-0.15, -0.1) is 0 Å². The van der Waals surface area contributed by atoms with Crippen molar-refractivity contribution in [1.29, 1.82) is 0 Å². The zero-order chi connectivity index (χ0) is 18.1. The Morgan fingerprint density at radius 3 is 2.27 bits per heavy atom. The number of hydrogen-bond donors (Lipinski definition) is 2. The summed E-state index contributed by atoms with van der Waals surface area (Å²) in [4.78, 5) is 12.7. The van der Waals surface area contributed by atoms with Gasteiger partial charge < -0.3 is 28.8 Å². The van der Waals surface area contributed by atoms with Crippen LogP contribution < -0.4 is 49.2 Å². The van der Waals surface area contributed by atoms with Gasteiger partial charge in [0.1, 0.15) is 22.5 Å². The molecule has 0 radical (unpaired) electrons. The Kier molecular flexibility index (Phi) is 6.07. The summed E-state index contributed by atoms with van der Waals surface area (Å²) in [5.74, 6) is 0.318. The molecule has 3 rings (SSSR count). The standard InChI is InChI=1S/C18H16O7.Na/c1-22-10-7-12(20)15-14(8-10)25-17(18(24-3)16(15)21)9-4-5-11(19)13(6-9)23-2;/h4-8,19-20H,1-3H3;/q;+1. The van der Waals surface area contributed by atoms with Crippen LogP contribution in [0, 0.1) is 0 Å². The summed E-state index contributed by atoms with van der Waals surface area (Å²) in [6.07, 6.45) is 0. The maximum atomic E-state index is 12.7. The molecule has 7 nitrogen and oxygen atoms in total. The van der Waals surface area contributed by atoms with Crippen molar-refractivity contribution < 1.29 is 58.4 Å². The number of ether oxygens (including phenoxy) is 3. The van der Waals surface area contributed by atoms with Gasteiger partial charge in [-0.2, -0.15) is 0 Å². The second-order valence-corrected chi connectivity index (χ2v) is 5.20. The molecule has 2 aromatic carbocycles. The SMILES string of the molecule is COc1cc(O)c2c(=O)c(OC)c(-c3ccc(O)c(OC)c3)oc2c1.[Na+]. The Hall–Kier alpha value is -2.35. The van der Waals surface area contributed by atoms with Crippen molar-refractivity contribution in [3.8, 4) is 40.1 Å². The molecular formula is C18H16NaO7+. The van der Waals surface area contributed by atoms with E-state index in [1.54, 1.807) is 6.07 Å². The van der Waals surface area contributed by atoms with E-state index in [1.807, 2.05) is 0 Å². The molecule has 0 bridgehead atoms. The minimum atomic E-state index is -0.522. The van der Waals surface area contributed by atoms with Crippen molar-refractivity contribution in [2.24, 2.45) is 0 Å². The minimum absolute atomic E-state index is 0. The van der Waals surface area contributed by atoms with Gasteiger partial charge >= 0.3 is 29.6 Å². The van der Waals surface area contributed by atoms with E-state index in [0.29, 0.717) is 11.3 Å². The topological polar surface area (TPSA) is 98.4 Å². The molecule has 0 unspecified atom stereocenters. The summed E-state index contributed by atoms with van der Waals surface area (Å²) in [7, 11) is 4.18. The molecule has 0 amide bonds. The number of aromatic hydroxyl groups is 2. The fraction of sp³-hybridized carbons (Fsp3) is 0.167. The molecule has 0 aliphatic heterocycles. The van der Waals surface area contributed by atoms with Crippen molar-refractivity contribution in [1.82, 2.24) is 0 Å². The average molecular weight is 367 g/mol. The van der Waals surface area contributed by atoms with Crippen LogP contribution in [0.2, 0.25) is 0 Å². The van der Waals surface area contributed by atoms with E-state index in [0.717, 1.165) is 0 Å². The van der Waals surface area contributed by atoms with Crippen LogP contribution in [0.5, 0.6) is 28.7 Å². The Labute approximate surface area is 171 Å². The van der Waals surface area contributed by atoms with Crippen molar-refractivity contribution >= 4 is 11.0 Å². The van der Waals surface area contributed by atoms with E-state index >= 15 is 0 Å². The second-order valence-electron chi connectivity index (χ2n) is 5.20. The average Bonchev–Trinajstić information content (AvgIpc) is 2.61. The molecular weight excluding hydrogens is 351 g/mol. The Morgan fingerprint density at radius 1 is 0.923 bits per heavy atom. The van der Waals surface area contributed by atoms with Crippen molar-refractivity contribution in [3.63, 3.8) is 0 Å². The van der Waals surface area contributed by atoms with Crippen LogP contribution in [-0.4, -0.2) is 31.5 Å². The summed E-state index contributed by atoms with van der Waals surface area (Å²) in [6.45, 7) is 0. The van der Waals surface area contributed by atoms with E-state index in [9.17, 15) is 15.0 Å². The van der Waals surface area contributed by atoms with Gasteiger partial charge in [-0.1, -0.05) is 0 Å². The first-order valence-corrected chi connectivity index (χ1v) is 7.29. The maximum absolute atomic E-state index is 12.7. The van der Waals surface area contributed by atoms with E-state index in [2.05, 4.69) is 0 Å². The number of phenolic OH excluding ortho intramolecular Hbond substituents is 2. The molecule has 0 atom stereocenters. The fourth-order valence-electron chi connectivity index (χ4n) is 2.57. The van der Waals surface area contributed by atoms with Gasteiger partial charge in [-0.25, -0.2) is 0 Å². The molecule has 0 aliphatic rings. The number of methoxy groups -OCH3 is 3. The molecule has 0 fully saturated rings. The summed E-state index contributed by atoms with van der Waals surface area (Å²) in [6, 6.07) is 7.31. The maximum Gasteiger partial charge on any atom is 1.00 e. The van der Waals surface area contributed by atoms with Gasteiger partial charge in [0, 0.05) is 17.7 Å². The Bertz CT molecular complexity index is 1010. The number of rotatable bonds is 4. The normalized spacial score (nSPS) is 10.3. The van der Waals surface area contributed by atoms with E-state index in [1.165, 1.54) is 45.6 Å². The zero-order valence-electron chi connectivity index (χ0n) is 14.8. The van der Waals surface area contributed by atoms with Gasteiger partial charge in [0.2, 0.25) is 11.2 Å². The molecule has 3 aromatic rings. The van der Waals surface area contributed by atoms with Crippen LogP contribution >= 0.6 is 0 Å². The minimum Gasteiger partial charge on any atom is -0.507 e. The Balaban J connectivity index is 0.00000243. The quantitative estimate of drug-likeness (QED) is 0.622. The molecule has 1 aromatic heterocycles. The van der Waals surface area contributed by atoms with Crippen LogP contribution in [0.1, 0.15) is 0 Å². The molecule has 26 heavy (non-hydrogen) atoms. The molecule has 8 heteroatoms. The van der Waals surface area contributed by atoms with Crippen LogP contribution in [-0.2, 0) is 0 Å². The van der Waals surface area contributed by atoms with Crippen LogP contribution in [0.3, 0.4) is 0 Å². The second kappa shape index (κ2) is 7.90. The van der Waals surface area contributed by atoms with Gasteiger partial charge in [0.25, 0.3) is 0 Å². The molecule has 0 spiro atoms. The zero-order valence-corrected chi connectivity index (χ0v) is 16.8. The molecule has 0 aliphatic carbocycles. The smallest absolute Gasteiger partial charge is 0.507 e. The van der Waals surface area contributed by atoms with Crippen LogP contribution in [0.15, 0.2) is 39.5 Å². The first-order valence-electron chi connectivity index (χ1n) is 7.29. The van der Waals surface area contributed by atoms with Crippen LogP contribution in [0.4, 0.5) is 0 Å². The molecule has 130 valence electrons. The summed E-state index contributed by atoms with van der Waals surface area (Å²) in [5, 5.41) is 19.8. The number of hydrogen-bond acceptors (Lipinski definition) is 7. The van der Waals surface area contributed by atoms with Crippen LogP contribution in [0.25, 0.3) is 22.3 Å². The predicted molar refractivity (Wildman–Crippen MR) is 90.9 cm³/mol. The van der Waals surface area contributed by atoms with Gasteiger partial charge in [0.05, 0.1) is 21.3 Å². The van der Waals surface area contributed by atoms with Gasteiger partial charge in [-0.3, -0.25) is 4.79 Å². The summed E-state index contributed by atoms with van der Waals surface area (Å²) < 4.78 is 21.2. The van der Waals surface area contributed by atoms with Crippen molar-refractivity contribution in [3.05, 3.63) is 40.6 Å². The first-order chi connectivity index (χ1) is 12.0. The van der Waals surface area contributed by atoms with E-state index in [4.69, 9.17) is 18.6 Å². The molecule has 1 heterocycles. The Morgan fingerprint density at radius 2 is 1.65 bits per heavy atom. The summed E-state index contributed by atoms with van der Waals surface area (Å²) in [5.41, 5.74) is 0.0865. The third-order valence-corrected chi connectivity index (χ3v) is 3.79. The van der Waals surface area contributed by atoms with E-state index in [-0.39, 0.29) is 69.3 Å². The molecule has 2 N–H and O–H groups in total. The number of phenols is 2. The fourth-order valence-corrected chi connectivity index (χ4v) is 2.57. The number of fused-ring (bicyclic) bond motifs is 1. The van der Waals surface area contributed by atoms with Gasteiger partial charge in [0.15, 0.2) is 17.3 Å². The van der Waals surface area contributed by atoms with Gasteiger partial charge in [-0.05, 0) is 18.2 Å². The molecule has 0 saturated heterocycles. The largest absolute Gasteiger partial charge is 1.00 e. The first kappa shape index (κ1) is 20.0. The monoisotopic (exact) mass is 367 g/mol. The summed E-state index contributed by atoms with van der Waals surface area (Å²) >= 11 is 0. The molecule has 0 saturated carbocycles. The predicted octanol–water partition coefficient (Wildman–Crippen LogP) is -0.0990.